The van der Waals surface area contributed by atoms with Crippen molar-refractivity contribution in [2.75, 3.05) is 12.3 Å². The number of aromatic nitrogens is 3. The van der Waals surface area contributed by atoms with Gasteiger partial charge in [0.1, 0.15) is 5.56 Å². The normalized spacial score (nSPS) is 10.7. The van der Waals surface area contributed by atoms with Crippen molar-refractivity contribution in [2.24, 2.45) is 0 Å². The van der Waals surface area contributed by atoms with Gasteiger partial charge in [-0.2, -0.15) is 0 Å². The Hall–Kier alpha value is -3.22. The number of aromatic amines is 1. The minimum atomic E-state index is -0.523. The molecule has 4 N–H and O–H groups in total. The van der Waals surface area contributed by atoms with Gasteiger partial charge < -0.3 is 16.0 Å². The number of nitrogen functional groups attached to an aromatic ring is 1. The number of fused-ring (bicyclic) bond motifs is 1. The van der Waals surface area contributed by atoms with Gasteiger partial charge in [-0.05, 0) is 6.42 Å². The molecular formula is C17H17N5O2. The monoisotopic (exact) mass is 323 g/mol. The Labute approximate surface area is 138 Å². The Bertz CT molecular complexity index is 950. The van der Waals surface area contributed by atoms with Crippen molar-refractivity contribution in [2.45, 2.75) is 13.3 Å². The highest BCUT2D eigenvalue weighted by atomic mass is 16.2. The van der Waals surface area contributed by atoms with E-state index in [0.29, 0.717) is 28.7 Å². The van der Waals surface area contributed by atoms with Crippen molar-refractivity contribution in [3.05, 3.63) is 52.7 Å². The highest BCUT2D eigenvalue weighted by molar-refractivity contribution is 6.08. The van der Waals surface area contributed by atoms with Gasteiger partial charge in [0.2, 0.25) is 0 Å². The van der Waals surface area contributed by atoms with E-state index in [2.05, 4.69) is 20.3 Å². The Morgan fingerprint density at radius 2 is 2.17 bits per heavy atom. The molecule has 7 heteroatoms. The lowest BCUT2D eigenvalue weighted by Gasteiger charge is -2.11. The van der Waals surface area contributed by atoms with E-state index < -0.39 is 11.5 Å². The lowest BCUT2D eigenvalue weighted by atomic mass is 10.0. The van der Waals surface area contributed by atoms with Gasteiger partial charge in [-0.25, -0.2) is 0 Å². The van der Waals surface area contributed by atoms with Gasteiger partial charge in [-0.15, -0.1) is 0 Å². The molecule has 0 bridgehead atoms. The number of H-pyrrole nitrogens is 1. The number of carbonyl (C=O) groups is 1. The highest BCUT2D eigenvalue weighted by Gasteiger charge is 2.18. The van der Waals surface area contributed by atoms with Gasteiger partial charge in [0.15, 0.2) is 0 Å². The smallest absolute Gasteiger partial charge is 0.263 e. The number of rotatable bonds is 4. The van der Waals surface area contributed by atoms with Crippen LogP contribution in [-0.4, -0.2) is 27.4 Å². The van der Waals surface area contributed by atoms with Crippen LogP contribution in [0.5, 0.6) is 0 Å². The van der Waals surface area contributed by atoms with Crippen LogP contribution in [0, 0.1) is 0 Å². The van der Waals surface area contributed by atoms with Crippen LogP contribution >= 0.6 is 0 Å². The van der Waals surface area contributed by atoms with Gasteiger partial charge in [0.05, 0.1) is 23.1 Å². The number of para-hydroxylation sites is 1. The molecule has 0 saturated heterocycles. The number of nitrogens with zero attached hydrogens (tertiary/aromatic N) is 2. The summed E-state index contributed by atoms with van der Waals surface area (Å²) in [7, 11) is 0. The highest BCUT2D eigenvalue weighted by Crippen LogP contribution is 2.28. The summed E-state index contributed by atoms with van der Waals surface area (Å²) in [5.74, 6) is -0.470. The third-order valence-electron chi connectivity index (χ3n) is 3.69. The SMILES string of the molecule is CCCNC(=O)c1c(N)c2cccc(-c3cnccn3)c2[nH]c1=O. The molecule has 1 amide bonds. The molecule has 0 fully saturated rings. The van der Waals surface area contributed by atoms with Crippen LogP contribution < -0.4 is 16.6 Å². The predicted octanol–water partition coefficient (Wildman–Crippen LogP) is 1.71. The van der Waals surface area contributed by atoms with E-state index in [-0.39, 0.29) is 11.3 Å². The number of nitrogens with two attached hydrogens (primary N) is 1. The molecule has 2 aromatic heterocycles. The molecule has 0 spiro atoms. The molecule has 3 rings (SSSR count). The van der Waals surface area contributed by atoms with Gasteiger partial charge >= 0.3 is 0 Å². The third-order valence-corrected chi connectivity index (χ3v) is 3.69. The molecule has 0 aliphatic rings. The number of hydrogen-bond donors (Lipinski definition) is 3. The quantitative estimate of drug-likeness (QED) is 0.676. The number of pyridine rings is 1. The van der Waals surface area contributed by atoms with E-state index in [1.54, 1.807) is 30.7 Å². The first-order valence-electron chi connectivity index (χ1n) is 7.62. The number of nitrogens with one attached hydrogen (secondary N) is 2. The summed E-state index contributed by atoms with van der Waals surface area (Å²) in [6, 6.07) is 5.38. The molecule has 3 aromatic rings. The molecule has 0 unspecified atom stereocenters. The van der Waals surface area contributed by atoms with Crippen molar-refractivity contribution in [3.8, 4) is 11.3 Å². The average Bonchev–Trinajstić information content (AvgIpc) is 2.60. The van der Waals surface area contributed by atoms with E-state index >= 15 is 0 Å². The van der Waals surface area contributed by atoms with E-state index in [0.717, 1.165) is 6.42 Å². The average molecular weight is 323 g/mol. The lowest BCUT2D eigenvalue weighted by molar-refractivity contribution is 0.0953. The second-order valence-corrected chi connectivity index (χ2v) is 5.32. The van der Waals surface area contributed by atoms with Crippen molar-refractivity contribution in [1.82, 2.24) is 20.3 Å². The van der Waals surface area contributed by atoms with Crippen LogP contribution in [0.4, 0.5) is 5.69 Å². The maximum absolute atomic E-state index is 12.4. The first-order valence-corrected chi connectivity index (χ1v) is 7.62. The Morgan fingerprint density at radius 1 is 1.33 bits per heavy atom. The summed E-state index contributed by atoms with van der Waals surface area (Å²) in [5, 5.41) is 3.28. The first kappa shape index (κ1) is 15.7. The number of benzene rings is 1. The number of amides is 1. The van der Waals surface area contributed by atoms with E-state index in [4.69, 9.17) is 5.73 Å². The summed E-state index contributed by atoms with van der Waals surface area (Å²) in [6.45, 7) is 2.41. The third kappa shape index (κ3) is 2.71. The minimum absolute atomic E-state index is 0.0627. The van der Waals surface area contributed by atoms with Crippen molar-refractivity contribution in [1.29, 1.82) is 0 Å². The molecule has 0 radical (unpaired) electrons. The maximum Gasteiger partial charge on any atom is 0.263 e. The van der Waals surface area contributed by atoms with Crippen molar-refractivity contribution in [3.63, 3.8) is 0 Å². The molecule has 0 saturated carbocycles. The summed E-state index contributed by atoms with van der Waals surface area (Å²) >= 11 is 0. The Balaban J connectivity index is 2.21. The molecule has 0 aliphatic heterocycles. The molecule has 0 atom stereocenters. The lowest BCUT2D eigenvalue weighted by Crippen LogP contribution is -2.31. The number of anilines is 1. The first-order chi connectivity index (χ1) is 11.6. The number of carbonyl (C=O) groups excluding carboxylic acids is 1. The standard InChI is InChI=1S/C17H17N5O2/c1-2-6-21-16(23)13-14(18)11-5-3-4-10(15(11)22-17(13)24)12-9-19-7-8-20-12/h3-5,7-9H,2,6H2,1H3,(H,21,23)(H3,18,22,24). The molecule has 2 heterocycles. The van der Waals surface area contributed by atoms with E-state index in [1.165, 1.54) is 0 Å². The van der Waals surface area contributed by atoms with Crippen LogP contribution in [0.15, 0.2) is 41.6 Å². The molecule has 1 aromatic carbocycles. The van der Waals surface area contributed by atoms with E-state index in [1.807, 2.05) is 13.0 Å². The van der Waals surface area contributed by atoms with Gasteiger partial charge in [0, 0.05) is 29.9 Å². The Kier molecular flexibility index (Phi) is 4.24. The van der Waals surface area contributed by atoms with Crippen LogP contribution in [0.2, 0.25) is 0 Å². The minimum Gasteiger partial charge on any atom is -0.397 e. The molecular weight excluding hydrogens is 306 g/mol. The van der Waals surface area contributed by atoms with Crippen LogP contribution in [0.3, 0.4) is 0 Å². The summed E-state index contributed by atoms with van der Waals surface area (Å²) in [5.41, 5.74) is 7.54. The summed E-state index contributed by atoms with van der Waals surface area (Å²) in [4.78, 5) is 35.7. The zero-order valence-electron chi connectivity index (χ0n) is 13.2. The zero-order chi connectivity index (χ0) is 17.1. The molecule has 7 nitrogen and oxygen atoms in total. The largest absolute Gasteiger partial charge is 0.397 e. The van der Waals surface area contributed by atoms with Gasteiger partial charge in [0.25, 0.3) is 11.5 Å². The Morgan fingerprint density at radius 3 is 2.88 bits per heavy atom. The van der Waals surface area contributed by atoms with Gasteiger partial charge in [-0.1, -0.05) is 25.1 Å². The summed E-state index contributed by atoms with van der Waals surface area (Å²) < 4.78 is 0. The predicted molar refractivity (Wildman–Crippen MR) is 92.6 cm³/mol. The number of hydrogen-bond acceptors (Lipinski definition) is 5. The summed E-state index contributed by atoms with van der Waals surface area (Å²) in [6.07, 6.45) is 5.52. The zero-order valence-corrected chi connectivity index (χ0v) is 13.2. The molecule has 122 valence electrons. The molecule has 24 heavy (non-hydrogen) atoms. The van der Waals surface area contributed by atoms with Crippen LogP contribution in [0.25, 0.3) is 22.2 Å². The van der Waals surface area contributed by atoms with E-state index in [9.17, 15) is 9.59 Å². The topological polar surface area (TPSA) is 114 Å². The fourth-order valence-electron chi connectivity index (χ4n) is 2.55. The second kappa shape index (κ2) is 6.49. The maximum atomic E-state index is 12.4. The van der Waals surface area contributed by atoms with Crippen molar-refractivity contribution >= 4 is 22.5 Å². The molecule has 0 aliphatic carbocycles. The van der Waals surface area contributed by atoms with Crippen molar-refractivity contribution < 1.29 is 4.79 Å². The second-order valence-electron chi connectivity index (χ2n) is 5.32. The van der Waals surface area contributed by atoms with Crippen LogP contribution in [-0.2, 0) is 0 Å². The fourth-order valence-corrected chi connectivity index (χ4v) is 2.55. The fraction of sp³-hybridized carbons (Fsp3) is 0.176. The van der Waals surface area contributed by atoms with Crippen LogP contribution in [0.1, 0.15) is 23.7 Å². The van der Waals surface area contributed by atoms with Gasteiger partial charge in [-0.3, -0.25) is 19.6 Å².